The van der Waals surface area contributed by atoms with Crippen LogP contribution in [-0.4, -0.2) is 39.9 Å². The zero-order valence-corrected chi connectivity index (χ0v) is 16.7. The van der Waals surface area contributed by atoms with Gasteiger partial charge in [-0.1, -0.05) is 0 Å². The maximum atomic E-state index is 13.7. The van der Waals surface area contributed by atoms with Gasteiger partial charge in [0.1, 0.15) is 29.7 Å². The van der Waals surface area contributed by atoms with Crippen molar-refractivity contribution in [2.45, 2.75) is 32.4 Å². The lowest BCUT2D eigenvalue weighted by Crippen LogP contribution is -2.17. The molecule has 0 bridgehead atoms. The van der Waals surface area contributed by atoms with Crippen LogP contribution in [0.3, 0.4) is 0 Å². The topological polar surface area (TPSA) is 85.1 Å². The van der Waals surface area contributed by atoms with Crippen molar-refractivity contribution in [1.29, 1.82) is 0 Å². The third kappa shape index (κ3) is 3.94. The van der Waals surface area contributed by atoms with Crippen LogP contribution in [0.5, 0.6) is 5.75 Å². The van der Waals surface area contributed by atoms with E-state index >= 15 is 0 Å². The van der Waals surface area contributed by atoms with E-state index in [0.717, 1.165) is 0 Å². The maximum Gasteiger partial charge on any atom is 0.290 e. The number of nitrogens with one attached hydrogen (secondary N) is 2. The summed E-state index contributed by atoms with van der Waals surface area (Å²) in [6, 6.07) is 6.47. The van der Waals surface area contributed by atoms with Gasteiger partial charge in [0.15, 0.2) is 5.65 Å². The van der Waals surface area contributed by atoms with Crippen LogP contribution < -0.4 is 15.4 Å². The monoisotopic (exact) mass is 398 g/mol. The van der Waals surface area contributed by atoms with Crippen LogP contribution >= 0.6 is 0 Å². The Morgan fingerprint density at radius 3 is 2.86 bits per heavy atom. The van der Waals surface area contributed by atoms with Crippen LogP contribution in [0, 0.1) is 5.82 Å². The Bertz CT molecular complexity index is 1080. The van der Waals surface area contributed by atoms with Crippen LogP contribution in [0.25, 0.3) is 5.65 Å². The van der Waals surface area contributed by atoms with Gasteiger partial charge in [-0.05, 0) is 45.0 Å². The van der Waals surface area contributed by atoms with Crippen LogP contribution in [0.2, 0.25) is 0 Å². The minimum atomic E-state index is -0.319. The summed E-state index contributed by atoms with van der Waals surface area (Å²) in [5.74, 6) is 0.910. The Morgan fingerprint density at radius 1 is 1.31 bits per heavy atom. The number of aromatic nitrogens is 3. The van der Waals surface area contributed by atoms with Gasteiger partial charge in [-0.2, -0.15) is 5.10 Å². The summed E-state index contributed by atoms with van der Waals surface area (Å²) in [6.45, 7) is 6.43. The van der Waals surface area contributed by atoms with E-state index in [0.29, 0.717) is 41.1 Å². The van der Waals surface area contributed by atoms with Gasteiger partial charge < -0.3 is 20.1 Å². The molecular formula is C20H23FN6O2. The molecule has 8 nitrogen and oxygen atoms in total. The summed E-state index contributed by atoms with van der Waals surface area (Å²) < 4.78 is 26.3. The minimum absolute atomic E-state index is 0.224. The summed E-state index contributed by atoms with van der Waals surface area (Å²) in [5, 5.41) is 10.7. The summed E-state index contributed by atoms with van der Waals surface area (Å²) >= 11 is 0. The van der Waals surface area contributed by atoms with E-state index in [-0.39, 0.29) is 17.4 Å². The molecular weight excluding hydrogens is 375 g/mol. The number of benzene rings is 1. The molecule has 1 aliphatic heterocycles. The number of amidine groups is 1. The Balaban J connectivity index is 1.58. The minimum Gasteiger partial charge on any atom is -0.496 e. The predicted octanol–water partition coefficient (Wildman–Crippen LogP) is 3.63. The first-order valence-corrected chi connectivity index (χ1v) is 9.29. The van der Waals surface area contributed by atoms with Crippen LogP contribution in [0.1, 0.15) is 32.4 Å². The average Bonchev–Trinajstić information content (AvgIpc) is 3.24. The van der Waals surface area contributed by atoms with Crippen molar-refractivity contribution in [3.8, 4) is 5.75 Å². The maximum absolute atomic E-state index is 13.7. The molecule has 9 heteroatoms. The van der Waals surface area contributed by atoms with Crippen molar-refractivity contribution in [2.75, 3.05) is 24.4 Å². The molecule has 0 fully saturated rings. The number of hydrogen-bond donors (Lipinski definition) is 2. The van der Waals surface area contributed by atoms with Crippen molar-refractivity contribution < 1.29 is 13.9 Å². The molecule has 0 amide bonds. The highest BCUT2D eigenvalue weighted by Gasteiger charge is 2.27. The zero-order chi connectivity index (χ0) is 20.6. The average molecular weight is 398 g/mol. The van der Waals surface area contributed by atoms with E-state index in [9.17, 15) is 4.39 Å². The number of aliphatic imine (C=N–C) groups is 1. The first kappa shape index (κ1) is 19.0. The predicted molar refractivity (Wildman–Crippen MR) is 109 cm³/mol. The third-order valence-electron chi connectivity index (χ3n) is 4.60. The van der Waals surface area contributed by atoms with Crippen molar-refractivity contribution in [3.63, 3.8) is 0 Å². The molecule has 1 atom stereocenters. The normalized spacial score (nSPS) is 16.2. The van der Waals surface area contributed by atoms with E-state index in [1.54, 1.807) is 36.2 Å². The molecule has 29 heavy (non-hydrogen) atoms. The summed E-state index contributed by atoms with van der Waals surface area (Å²) in [5.41, 5.74) is 1.74. The largest absolute Gasteiger partial charge is 0.496 e. The molecule has 152 valence electrons. The fourth-order valence-electron chi connectivity index (χ4n) is 3.14. The Morgan fingerprint density at radius 2 is 2.14 bits per heavy atom. The highest BCUT2D eigenvalue weighted by Crippen LogP contribution is 2.28. The molecule has 0 aliphatic carbocycles. The number of rotatable bonds is 5. The third-order valence-corrected chi connectivity index (χ3v) is 4.60. The van der Waals surface area contributed by atoms with Gasteiger partial charge in [-0.3, -0.25) is 0 Å². The summed E-state index contributed by atoms with van der Waals surface area (Å²) in [7, 11) is 1.56. The zero-order valence-electron chi connectivity index (χ0n) is 16.7. The van der Waals surface area contributed by atoms with E-state index in [4.69, 9.17) is 9.47 Å². The lowest BCUT2D eigenvalue weighted by Gasteiger charge is -2.18. The Kier molecular flexibility index (Phi) is 4.73. The van der Waals surface area contributed by atoms with E-state index in [1.165, 1.54) is 12.1 Å². The van der Waals surface area contributed by atoms with Crippen LogP contribution in [0.4, 0.5) is 15.9 Å². The first-order valence-electron chi connectivity index (χ1n) is 9.29. The van der Waals surface area contributed by atoms with Gasteiger partial charge in [-0.25, -0.2) is 18.9 Å². The van der Waals surface area contributed by atoms with Gasteiger partial charge in [0.05, 0.1) is 24.9 Å². The number of hydrogen-bond acceptors (Lipinski definition) is 7. The molecule has 1 aromatic carbocycles. The molecule has 2 N–H and O–H groups in total. The second-order valence-electron chi connectivity index (χ2n) is 7.53. The molecule has 0 saturated carbocycles. The molecule has 3 heterocycles. The van der Waals surface area contributed by atoms with Crippen molar-refractivity contribution in [3.05, 3.63) is 48.0 Å². The lowest BCUT2D eigenvalue weighted by molar-refractivity contribution is 0.278. The quantitative estimate of drug-likeness (QED) is 0.683. The van der Waals surface area contributed by atoms with Crippen LogP contribution in [-0.2, 0) is 4.74 Å². The molecule has 0 unspecified atom stereocenters. The van der Waals surface area contributed by atoms with Gasteiger partial charge in [0, 0.05) is 11.8 Å². The molecule has 0 radical (unpaired) electrons. The molecule has 2 aromatic heterocycles. The first-order chi connectivity index (χ1) is 13.8. The Labute approximate surface area is 167 Å². The number of anilines is 2. The fourth-order valence-corrected chi connectivity index (χ4v) is 3.14. The second kappa shape index (κ2) is 7.23. The number of ether oxygens (including phenoxy) is 2. The molecule has 0 spiro atoms. The molecule has 4 rings (SSSR count). The van der Waals surface area contributed by atoms with E-state index < -0.39 is 0 Å². The fraction of sp³-hybridized carbons (Fsp3) is 0.350. The number of nitrogens with zero attached hydrogens (tertiary/aromatic N) is 4. The Hall–Kier alpha value is -3.36. The molecule has 1 aliphatic rings. The van der Waals surface area contributed by atoms with Gasteiger partial charge in [0.25, 0.3) is 6.02 Å². The smallest absolute Gasteiger partial charge is 0.290 e. The SMILES string of the molecule is COc1ccc(F)cc1[C@@H](C)Nc1ccn2ncc(NC3=NC(C)(C)CO3)c2n1. The number of methoxy groups -OCH3 is 1. The number of fused-ring (bicyclic) bond motifs is 1. The summed E-state index contributed by atoms with van der Waals surface area (Å²) in [4.78, 5) is 9.13. The standard InChI is InChI=1S/C20H23FN6O2/c1-12(14-9-13(21)5-6-16(14)28-4)23-17-7-8-27-18(25-17)15(10-22-27)24-19-26-20(2,3)11-29-19/h5-10,12H,11H2,1-4H3,(H,23,25)(H,24,26)/t12-/m1/s1. The van der Waals surface area contributed by atoms with Gasteiger partial charge in [-0.15, -0.1) is 0 Å². The van der Waals surface area contributed by atoms with E-state index in [1.807, 2.05) is 20.8 Å². The highest BCUT2D eigenvalue weighted by atomic mass is 19.1. The highest BCUT2D eigenvalue weighted by molar-refractivity contribution is 5.93. The van der Waals surface area contributed by atoms with Crippen LogP contribution in [0.15, 0.2) is 41.7 Å². The van der Waals surface area contributed by atoms with Gasteiger partial charge >= 0.3 is 0 Å². The van der Waals surface area contributed by atoms with Gasteiger partial charge in [0.2, 0.25) is 0 Å². The van der Waals surface area contributed by atoms with Crippen molar-refractivity contribution >= 4 is 23.2 Å². The van der Waals surface area contributed by atoms with E-state index in [2.05, 4.69) is 25.7 Å². The molecule has 3 aromatic rings. The lowest BCUT2D eigenvalue weighted by atomic mass is 10.1. The van der Waals surface area contributed by atoms with Crippen molar-refractivity contribution in [1.82, 2.24) is 14.6 Å². The summed E-state index contributed by atoms with van der Waals surface area (Å²) in [6.07, 6.45) is 3.47. The second-order valence-corrected chi connectivity index (χ2v) is 7.53. The number of halogens is 1. The molecule has 0 saturated heterocycles. The van der Waals surface area contributed by atoms with Crippen molar-refractivity contribution in [2.24, 2.45) is 4.99 Å².